The zero-order valence-electron chi connectivity index (χ0n) is 8.34. The van der Waals surface area contributed by atoms with Gasteiger partial charge in [0.25, 0.3) is 0 Å². The Balaban J connectivity index is 2.31. The normalized spacial score (nSPS) is 23.8. The number of hydrogen-bond donors (Lipinski definition) is 1. The summed E-state index contributed by atoms with van der Waals surface area (Å²) in [6, 6.07) is 1.56. The molecule has 84 valence electrons. The third kappa shape index (κ3) is 1.92. The number of dihydropyridines is 1. The van der Waals surface area contributed by atoms with Crippen LogP contribution in [-0.2, 0) is 0 Å². The second kappa shape index (κ2) is 3.64. The van der Waals surface area contributed by atoms with Crippen molar-refractivity contribution in [1.82, 2.24) is 5.32 Å². The lowest BCUT2D eigenvalue weighted by Gasteiger charge is -2.23. The average Bonchev–Trinajstić information content (AvgIpc) is 2.69. The summed E-state index contributed by atoms with van der Waals surface area (Å²) in [4.78, 5) is 7.31. The van der Waals surface area contributed by atoms with Crippen LogP contribution in [0.4, 0.5) is 13.2 Å². The molecule has 0 fully saturated rings. The van der Waals surface area contributed by atoms with Gasteiger partial charge in [-0.05, 0) is 13.0 Å². The minimum Gasteiger partial charge on any atom is -0.384 e. The molecule has 0 saturated carbocycles. The molecule has 2 rings (SSSR count). The zero-order chi connectivity index (χ0) is 11.8. The SMILES string of the molecule is CC1NC=C(C2=CN=C=N2)C=C1C(F)(F)F. The summed E-state index contributed by atoms with van der Waals surface area (Å²) in [5.74, 6) is 0. The first kappa shape index (κ1) is 10.7. The maximum Gasteiger partial charge on any atom is 0.414 e. The lowest BCUT2D eigenvalue weighted by atomic mass is 10.0. The van der Waals surface area contributed by atoms with E-state index in [2.05, 4.69) is 21.3 Å². The van der Waals surface area contributed by atoms with Gasteiger partial charge in [-0.3, -0.25) is 0 Å². The number of halogens is 3. The Morgan fingerprint density at radius 2 is 2.19 bits per heavy atom. The maximum atomic E-state index is 12.6. The second-order valence-corrected chi connectivity index (χ2v) is 3.44. The summed E-state index contributed by atoms with van der Waals surface area (Å²) in [7, 11) is 0. The van der Waals surface area contributed by atoms with Crippen LogP contribution in [0.3, 0.4) is 0 Å². The molecule has 0 aromatic heterocycles. The molecule has 0 spiro atoms. The largest absolute Gasteiger partial charge is 0.414 e. The van der Waals surface area contributed by atoms with Crippen molar-refractivity contribution in [1.29, 1.82) is 0 Å². The van der Waals surface area contributed by atoms with Gasteiger partial charge in [0, 0.05) is 11.8 Å². The van der Waals surface area contributed by atoms with Crippen LogP contribution in [0.1, 0.15) is 6.92 Å². The van der Waals surface area contributed by atoms with Crippen LogP contribution >= 0.6 is 0 Å². The first-order chi connectivity index (χ1) is 7.48. The molecule has 2 aliphatic heterocycles. The highest BCUT2D eigenvalue weighted by Crippen LogP contribution is 2.32. The van der Waals surface area contributed by atoms with Gasteiger partial charge >= 0.3 is 6.18 Å². The number of aliphatic imine (C=N–C) groups is 2. The van der Waals surface area contributed by atoms with E-state index in [1.54, 1.807) is 0 Å². The number of allylic oxidation sites excluding steroid dienone is 1. The fourth-order valence-electron chi connectivity index (χ4n) is 1.45. The Labute approximate surface area is 89.8 Å². The molecule has 2 heterocycles. The van der Waals surface area contributed by atoms with Crippen LogP contribution in [0.15, 0.2) is 45.3 Å². The summed E-state index contributed by atoms with van der Waals surface area (Å²) in [6.45, 7) is 1.45. The first-order valence-electron chi connectivity index (χ1n) is 4.59. The number of alkyl halides is 3. The molecule has 6 heteroatoms. The Kier molecular flexibility index (Phi) is 2.44. The van der Waals surface area contributed by atoms with Gasteiger partial charge in [-0.25, -0.2) is 0 Å². The molecular formula is C10H8F3N3. The number of nitrogens with one attached hydrogen (secondary N) is 1. The predicted molar refractivity (Wildman–Crippen MR) is 52.8 cm³/mol. The lowest BCUT2D eigenvalue weighted by molar-refractivity contribution is -0.0960. The van der Waals surface area contributed by atoms with E-state index in [0.29, 0.717) is 11.3 Å². The van der Waals surface area contributed by atoms with Crippen molar-refractivity contribution >= 4 is 6.01 Å². The van der Waals surface area contributed by atoms with E-state index in [4.69, 9.17) is 0 Å². The summed E-state index contributed by atoms with van der Waals surface area (Å²) in [6.07, 6.45) is -0.388. The fourth-order valence-corrected chi connectivity index (χ4v) is 1.45. The van der Waals surface area contributed by atoms with Crippen LogP contribution in [0.5, 0.6) is 0 Å². The highest BCUT2D eigenvalue weighted by molar-refractivity contribution is 5.56. The van der Waals surface area contributed by atoms with Gasteiger partial charge in [0.15, 0.2) is 0 Å². The molecule has 0 radical (unpaired) electrons. The maximum absolute atomic E-state index is 12.6. The van der Waals surface area contributed by atoms with Crippen molar-refractivity contribution < 1.29 is 13.2 Å². The van der Waals surface area contributed by atoms with E-state index in [-0.39, 0.29) is 0 Å². The smallest absolute Gasteiger partial charge is 0.384 e. The lowest BCUT2D eigenvalue weighted by Crippen LogP contribution is -2.34. The second-order valence-electron chi connectivity index (χ2n) is 3.44. The third-order valence-corrected chi connectivity index (χ3v) is 2.30. The molecule has 1 atom stereocenters. The molecule has 3 nitrogen and oxygen atoms in total. The summed E-state index contributed by atoms with van der Waals surface area (Å²) in [5.41, 5.74) is 0.119. The van der Waals surface area contributed by atoms with E-state index < -0.39 is 17.8 Å². The van der Waals surface area contributed by atoms with Crippen LogP contribution in [0, 0.1) is 0 Å². The van der Waals surface area contributed by atoms with E-state index >= 15 is 0 Å². The van der Waals surface area contributed by atoms with Crippen LogP contribution in [0.25, 0.3) is 0 Å². The predicted octanol–water partition coefficient (Wildman–Crippen LogP) is 2.38. The average molecular weight is 227 g/mol. The van der Waals surface area contributed by atoms with Crippen molar-refractivity contribution in [3.63, 3.8) is 0 Å². The molecule has 0 bridgehead atoms. The summed E-state index contributed by atoms with van der Waals surface area (Å²) in [5, 5.41) is 2.64. The molecule has 0 saturated heterocycles. The number of hydrogen-bond acceptors (Lipinski definition) is 3. The fraction of sp³-hybridized carbons (Fsp3) is 0.300. The molecule has 16 heavy (non-hydrogen) atoms. The van der Waals surface area contributed by atoms with Crippen LogP contribution < -0.4 is 5.32 Å². The molecule has 1 unspecified atom stereocenters. The van der Waals surface area contributed by atoms with E-state index in [1.165, 1.54) is 19.3 Å². The molecular weight excluding hydrogens is 219 g/mol. The Hall–Kier alpha value is -1.81. The summed E-state index contributed by atoms with van der Waals surface area (Å²) >= 11 is 0. The number of nitrogens with zero attached hydrogens (tertiary/aromatic N) is 2. The van der Waals surface area contributed by atoms with Crippen molar-refractivity contribution in [2.45, 2.75) is 19.1 Å². The highest BCUT2D eigenvalue weighted by atomic mass is 19.4. The standard InChI is InChI=1S/C10H8F3N3/c1-6-8(10(11,12)13)2-7(3-15-6)9-4-14-5-16-9/h2-4,6,15H,1H3. The van der Waals surface area contributed by atoms with Gasteiger partial charge in [-0.15, -0.1) is 0 Å². The summed E-state index contributed by atoms with van der Waals surface area (Å²) < 4.78 is 37.9. The van der Waals surface area contributed by atoms with E-state index in [9.17, 15) is 13.2 Å². The Morgan fingerprint density at radius 1 is 1.44 bits per heavy atom. The van der Waals surface area contributed by atoms with E-state index in [1.807, 2.05) is 0 Å². The number of rotatable bonds is 1. The molecule has 0 amide bonds. The van der Waals surface area contributed by atoms with Crippen molar-refractivity contribution in [3.8, 4) is 0 Å². The van der Waals surface area contributed by atoms with Crippen molar-refractivity contribution in [2.24, 2.45) is 9.98 Å². The van der Waals surface area contributed by atoms with Gasteiger partial charge in [0.05, 0.1) is 17.8 Å². The Morgan fingerprint density at radius 3 is 2.75 bits per heavy atom. The Bertz CT molecular complexity index is 462. The molecule has 0 aromatic carbocycles. The molecule has 2 aliphatic rings. The minimum atomic E-state index is -4.34. The quantitative estimate of drug-likeness (QED) is 0.733. The molecule has 1 N–H and O–H groups in total. The third-order valence-electron chi connectivity index (χ3n) is 2.30. The minimum absolute atomic E-state index is 0.360. The highest BCUT2D eigenvalue weighted by Gasteiger charge is 2.38. The monoisotopic (exact) mass is 227 g/mol. The van der Waals surface area contributed by atoms with Crippen molar-refractivity contribution in [3.05, 3.63) is 35.3 Å². The van der Waals surface area contributed by atoms with Crippen LogP contribution in [-0.4, -0.2) is 18.2 Å². The molecule has 0 aromatic rings. The van der Waals surface area contributed by atoms with E-state index in [0.717, 1.165) is 6.08 Å². The van der Waals surface area contributed by atoms with Gasteiger partial charge in [-0.2, -0.15) is 23.2 Å². The van der Waals surface area contributed by atoms with Gasteiger partial charge < -0.3 is 5.32 Å². The first-order valence-corrected chi connectivity index (χ1v) is 4.59. The molecule has 0 aliphatic carbocycles. The van der Waals surface area contributed by atoms with Crippen LogP contribution in [0.2, 0.25) is 0 Å². The topological polar surface area (TPSA) is 36.8 Å². The van der Waals surface area contributed by atoms with Gasteiger partial charge in [-0.1, -0.05) is 0 Å². The zero-order valence-corrected chi connectivity index (χ0v) is 8.34. The van der Waals surface area contributed by atoms with Gasteiger partial charge in [0.1, 0.15) is 11.7 Å². The van der Waals surface area contributed by atoms with Gasteiger partial charge in [0.2, 0.25) is 0 Å². The van der Waals surface area contributed by atoms with Crippen molar-refractivity contribution in [2.75, 3.05) is 0 Å².